The molecule has 2 aromatic rings. The van der Waals surface area contributed by atoms with Crippen LogP contribution in [0.1, 0.15) is 28.6 Å². The lowest BCUT2D eigenvalue weighted by Gasteiger charge is -2.07. The summed E-state index contributed by atoms with van der Waals surface area (Å²) < 4.78 is 5.25. The number of hydrogen-bond acceptors (Lipinski definition) is 4. The SMILES string of the molecule is CCc1occc1C(=O)Nc1cccc(CSCC(=O)O)c1. The van der Waals surface area contributed by atoms with Crippen molar-refractivity contribution >= 4 is 29.3 Å². The Kier molecular flexibility index (Phi) is 5.66. The Hall–Kier alpha value is -2.21. The van der Waals surface area contributed by atoms with Gasteiger partial charge in [-0.2, -0.15) is 0 Å². The molecule has 0 aliphatic heterocycles. The van der Waals surface area contributed by atoms with Crippen LogP contribution in [0.15, 0.2) is 41.0 Å². The predicted octanol–water partition coefficient (Wildman–Crippen LogP) is 3.41. The van der Waals surface area contributed by atoms with Gasteiger partial charge in [-0.25, -0.2) is 0 Å². The fraction of sp³-hybridized carbons (Fsp3) is 0.250. The van der Waals surface area contributed by atoms with Gasteiger partial charge in [-0.05, 0) is 23.8 Å². The summed E-state index contributed by atoms with van der Waals surface area (Å²) in [6.07, 6.45) is 2.16. The fourth-order valence-corrected chi connectivity index (χ4v) is 2.70. The van der Waals surface area contributed by atoms with Gasteiger partial charge in [-0.3, -0.25) is 9.59 Å². The zero-order valence-corrected chi connectivity index (χ0v) is 13.0. The lowest BCUT2D eigenvalue weighted by molar-refractivity contribution is -0.133. The molecule has 0 radical (unpaired) electrons. The highest BCUT2D eigenvalue weighted by atomic mass is 32.2. The molecular weight excluding hydrogens is 302 g/mol. The third-order valence-corrected chi connectivity index (χ3v) is 3.98. The highest BCUT2D eigenvalue weighted by Gasteiger charge is 2.13. The van der Waals surface area contributed by atoms with Crippen LogP contribution >= 0.6 is 11.8 Å². The van der Waals surface area contributed by atoms with E-state index in [0.717, 1.165) is 5.56 Å². The summed E-state index contributed by atoms with van der Waals surface area (Å²) in [6, 6.07) is 9.04. The molecule has 0 saturated heterocycles. The Morgan fingerprint density at radius 1 is 1.32 bits per heavy atom. The summed E-state index contributed by atoms with van der Waals surface area (Å²) in [4.78, 5) is 22.7. The largest absolute Gasteiger partial charge is 0.481 e. The van der Waals surface area contributed by atoms with Gasteiger partial charge >= 0.3 is 5.97 Å². The molecule has 116 valence electrons. The van der Waals surface area contributed by atoms with E-state index in [1.165, 1.54) is 18.0 Å². The number of hydrogen-bond donors (Lipinski definition) is 2. The Bertz CT molecular complexity index is 666. The normalized spacial score (nSPS) is 10.4. The minimum atomic E-state index is -0.832. The van der Waals surface area contributed by atoms with Gasteiger partial charge in [0.15, 0.2) is 0 Å². The number of furan rings is 1. The maximum absolute atomic E-state index is 12.2. The van der Waals surface area contributed by atoms with Crippen molar-refractivity contribution in [2.45, 2.75) is 19.1 Å². The Balaban J connectivity index is 2.01. The van der Waals surface area contributed by atoms with Gasteiger partial charge < -0.3 is 14.8 Å². The molecule has 22 heavy (non-hydrogen) atoms. The number of aryl methyl sites for hydroxylation is 1. The summed E-state index contributed by atoms with van der Waals surface area (Å²) in [6.45, 7) is 1.93. The summed E-state index contributed by atoms with van der Waals surface area (Å²) in [5.74, 6) is 0.265. The van der Waals surface area contributed by atoms with Crippen LogP contribution in [0.3, 0.4) is 0 Å². The molecule has 1 aromatic carbocycles. The number of carboxylic acid groups (broad SMARTS) is 1. The average molecular weight is 319 g/mol. The zero-order chi connectivity index (χ0) is 15.9. The van der Waals surface area contributed by atoms with Gasteiger partial charge in [0.2, 0.25) is 0 Å². The highest BCUT2D eigenvalue weighted by molar-refractivity contribution is 7.99. The van der Waals surface area contributed by atoms with Crippen LogP contribution in [0.4, 0.5) is 5.69 Å². The first-order chi connectivity index (χ1) is 10.6. The molecule has 0 bridgehead atoms. The number of benzene rings is 1. The summed E-state index contributed by atoms with van der Waals surface area (Å²) in [7, 11) is 0. The molecule has 1 aromatic heterocycles. The maximum atomic E-state index is 12.2. The molecule has 0 fully saturated rings. The average Bonchev–Trinajstić information content (AvgIpc) is 2.96. The van der Waals surface area contributed by atoms with E-state index in [-0.39, 0.29) is 11.7 Å². The van der Waals surface area contributed by atoms with E-state index in [4.69, 9.17) is 9.52 Å². The van der Waals surface area contributed by atoms with Crippen molar-refractivity contribution in [2.24, 2.45) is 0 Å². The summed E-state index contributed by atoms with van der Waals surface area (Å²) in [5.41, 5.74) is 2.18. The standard InChI is InChI=1S/C16H17NO4S/c1-2-14-13(6-7-21-14)16(20)17-12-5-3-4-11(8-12)9-22-10-15(18)19/h3-8H,2,9-10H2,1H3,(H,17,20)(H,18,19). The summed E-state index contributed by atoms with van der Waals surface area (Å²) in [5, 5.41) is 11.5. The minimum absolute atomic E-state index is 0.0610. The molecule has 2 N–H and O–H groups in total. The van der Waals surface area contributed by atoms with E-state index in [2.05, 4.69) is 5.32 Å². The third kappa shape index (κ3) is 4.39. The first-order valence-electron chi connectivity index (χ1n) is 6.86. The van der Waals surface area contributed by atoms with E-state index in [1.54, 1.807) is 12.1 Å². The van der Waals surface area contributed by atoms with Gasteiger partial charge in [0.25, 0.3) is 5.91 Å². The molecule has 0 spiro atoms. The molecule has 6 heteroatoms. The van der Waals surface area contributed by atoms with Crippen molar-refractivity contribution in [1.82, 2.24) is 0 Å². The van der Waals surface area contributed by atoms with Gasteiger partial charge in [-0.1, -0.05) is 19.1 Å². The third-order valence-electron chi connectivity index (χ3n) is 2.99. The van der Waals surface area contributed by atoms with Crippen molar-refractivity contribution in [3.8, 4) is 0 Å². The Morgan fingerprint density at radius 2 is 2.14 bits per heavy atom. The number of carbonyl (C=O) groups is 2. The van der Waals surface area contributed by atoms with E-state index >= 15 is 0 Å². The van der Waals surface area contributed by atoms with Gasteiger partial charge in [-0.15, -0.1) is 11.8 Å². The molecule has 0 saturated carbocycles. The first-order valence-corrected chi connectivity index (χ1v) is 8.01. The molecule has 1 heterocycles. The smallest absolute Gasteiger partial charge is 0.313 e. The first kappa shape index (κ1) is 16.2. The lowest BCUT2D eigenvalue weighted by Crippen LogP contribution is -2.12. The maximum Gasteiger partial charge on any atom is 0.313 e. The predicted molar refractivity (Wildman–Crippen MR) is 86.3 cm³/mol. The second kappa shape index (κ2) is 7.70. The van der Waals surface area contributed by atoms with Crippen LogP contribution in [0.25, 0.3) is 0 Å². The number of anilines is 1. The zero-order valence-electron chi connectivity index (χ0n) is 12.2. The fourth-order valence-electron chi connectivity index (χ4n) is 2.01. The van der Waals surface area contributed by atoms with E-state index in [9.17, 15) is 9.59 Å². The minimum Gasteiger partial charge on any atom is -0.481 e. The highest BCUT2D eigenvalue weighted by Crippen LogP contribution is 2.18. The van der Waals surface area contributed by atoms with Crippen LogP contribution in [0.2, 0.25) is 0 Å². The van der Waals surface area contributed by atoms with Gasteiger partial charge in [0.1, 0.15) is 5.76 Å². The van der Waals surface area contributed by atoms with Crippen molar-refractivity contribution in [3.05, 3.63) is 53.5 Å². The molecule has 1 amide bonds. The molecule has 0 aliphatic carbocycles. The van der Waals surface area contributed by atoms with E-state index in [1.807, 2.05) is 25.1 Å². The van der Waals surface area contributed by atoms with E-state index in [0.29, 0.717) is 29.2 Å². The Morgan fingerprint density at radius 3 is 2.86 bits per heavy atom. The van der Waals surface area contributed by atoms with Crippen LogP contribution in [-0.2, 0) is 17.0 Å². The molecule has 0 unspecified atom stereocenters. The number of carboxylic acids is 1. The quantitative estimate of drug-likeness (QED) is 0.817. The molecular formula is C16H17NO4S. The van der Waals surface area contributed by atoms with E-state index < -0.39 is 5.97 Å². The van der Waals surface area contributed by atoms with Gasteiger partial charge in [0, 0.05) is 17.9 Å². The summed E-state index contributed by atoms with van der Waals surface area (Å²) >= 11 is 1.32. The number of aliphatic carboxylic acids is 1. The van der Waals surface area contributed by atoms with Crippen molar-refractivity contribution in [1.29, 1.82) is 0 Å². The lowest BCUT2D eigenvalue weighted by atomic mass is 10.2. The van der Waals surface area contributed by atoms with Crippen molar-refractivity contribution < 1.29 is 19.1 Å². The second-order valence-electron chi connectivity index (χ2n) is 4.65. The topological polar surface area (TPSA) is 79.5 Å². The van der Waals surface area contributed by atoms with Gasteiger partial charge in [0.05, 0.1) is 17.6 Å². The molecule has 0 atom stereocenters. The van der Waals surface area contributed by atoms with Crippen LogP contribution in [0.5, 0.6) is 0 Å². The second-order valence-corrected chi connectivity index (χ2v) is 5.64. The Labute approximate surface area is 132 Å². The van der Waals surface area contributed by atoms with Crippen LogP contribution < -0.4 is 5.32 Å². The number of thioether (sulfide) groups is 1. The number of rotatable bonds is 7. The van der Waals surface area contributed by atoms with Crippen LogP contribution in [-0.4, -0.2) is 22.7 Å². The molecule has 2 rings (SSSR count). The number of amides is 1. The monoisotopic (exact) mass is 319 g/mol. The molecule has 5 nitrogen and oxygen atoms in total. The number of nitrogens with one attached hydrogen (secondary N) is 1. The van der Waals surface area contributed by atoms with Crippen molar-refractivity contribution in [3.63, 3.8) is 0 Å². The van der Waals surface area contributed by atoms with Crippen molar-refractivity contribution in [2.75, 3.05) is 11.1 Å². The number of carbonyl (C=O) groups excluding carboxylic acids is 1. The molecule has 0 aliphatic rings. The van der Waals surface area contributed by atoms with Crippen LogP contribution in [0, 0.1) is 0 Å².